The van der Waals surface area contributed by atoms with Crippen LogP contribution < -0.4 is 10.6 Å². The second-order valence-electron chi connectivity index (χ2n) is 5.54. The third-order valence-electron chi connectivity index (χ3n) is 3.99. The van der Waals surface area contributed by atoms with Crippen LogP contribution in [-0.2, 0) is 16.0 Å². The fourth-order valence-corrected chi connectivity index (χ4v) is 3.45. The molecule has 6 heteroatoms. The zero-order chi connectivity index (χ0) is 15.1. The highest BCUT2D eigenvalue weighted by Crippen LogP contribution is 2.22. The van der Waals surface area contributed by atoms with E-state index in [1.165, 1.54) is 5.01 Å². The molecule has 21 heavy (non-hydrogen) atoms. The molecule has 118 valence electrons. The Morgan fingerprint density at radius 1 is 1.48 bits per heavy atom. The Kier molecular flexibility index (Phi) is 6.14. The minimum absolute atomic E-state index is 0.0385. The molecule has 1 aromatic rings. The number of hydrogen-bond acceptors (Lipinski definition) is 5. The van der Waals surface area contributed by atoms with Gasteiger partial charge in [-0.3, -0.25) is 4.79 Å². The maximum Gasteiger partial charge on any atom is 0.252 e. The van der Waals surface area contributed by atoms with Gasteiger partial charge in [-0.1, -0.05) is 0 Å². The number of hydrogen-bond donors (Lipinski definition) is 2. The molecule has 1 aliphatic rings. The number of methoxy groups -OCH3 is 1. The fourth-order valence-electron chi connectivity index (χ4n) is 2.64. The summed E-state index contributed by atoms with van der Waals surface area (Å²) in [7, 11) is 1.63. The van der Waals surface area contributed by atoms with E-state index in [1.54, 1.807) is 18.4 Å². The molecule has 1 amide bonds. The lowest BCUT2D eigenvalue weighted by Gasteiger charge is -2.34. The summed E-state index contributed by atoms with van der Waals surface area (Å²) in [5, 5.41) is 9.55. The molecule has 5 nitrogen and oxygen atoms in total. The summed E-state index contributed by atoms with van der Waals surface area (Å²) < 4.78 is 5.51. The van der Waals surface area contributed by atoms with E-state index in [0.717, 1.165) is 50.9 Å². The first-order valence-corrected chi connectivity index (χ1v) is 8.49. The van der Waals surface area contributed by atoms with Crippen LogP contribution in [0.15, 0.2) is 5.38 Å². The highest BCUT2D eigenvalue weighted by atomic mass is 32.1. The van der Waals surface area contributed by atoms with Crippen LogP contribution in [0, 0.1) is 6.92 Å². The predicted octanol–water partition coefficient (Wildman–Crippen LogP) is 1.66. The number of aryl methyl sites for hydroxylation is 2. The molecule has 0 aliphatic carbocycles. The second-order valence-corrected chi connectivity index (χ2v) is 6.49. The van der Waals surface area contributed by atoms with Gasteiger partial charge in [-0.25, -0.2) is 4.98 Å². The molecule has 0 spiro atoms. The van der Waals surface area contributed by atoms with Crippen LogP contribution in [0.25, 0.3) is 0 Å². The minimum Gasteiger partial charge on any atom is -0.368 e. The normalized spacial score (nSPS) is 17.6. The Labute approximate surface area is 130 Å². The SMILES string of the molecule is COC1(C(=O)NCCCCc2nc(C)cs2)CCNCC1. The summed E-state index contributed by atoms with van der Waals surface area (Å²) in [5.74, 6) is 0.0385. The highest BCUT2D eigenvalue weighted by Gasteiger charge is 2.39. The van der Waals surface area contributed by atoms with Crippen LogP contribution in [0.3, 0.4) is 0 Å². The fraction of sp³-hybridized carbons (Fsp3) is 0.733. The van der Waals surface area contributed by atoms with Crippen molar-refractivity contribution in [3.8, 4) is 0 Å². The largest absolute Gasteiger partial charge is 0.368 e. The first kappa shape index (κ1) is 16.4. The van der Waals surface area contributed by atoms with Crippen molar-refractivity contribution in [2.24, 2.45) is 0 Å². The van der Waals surface area contributed by atoms with Crippen LogP contribution in [0.5, 0.6) is 0 Å². The van der Waals surface area contributed by atoms with E-state index in [4.69, 9.17) is 4.74 Å². The van der Waals surface area contributed by atoms with Crippen LogP contribution in [0.2, 0.25) is 0 Å². The number of aromatic nitrogens is 1. The van der Waals surface area contributed by atoms with E-state index >= 15 is 0 Å². The standard InChI is InChI=1S/C15H25N3O2S/c1-12-11-21-13(18-12)5-3-4-8-17-14(19)15(20-2)6-9-16-10-7-15/h11,16H,3-10H2,1-2H3,(H,17,19). The average molecular weight is 311 g/mol. The number of carbonyl (C=O) groups excluding carboxylic acids is 1. The molecular formula is C15H25N3O2S. The van der Waals surface area contributed by atoms with Crippen molar-refractivity contribution < 1.29 is 9.53 Å². The smallest absolute Gasteiger partial charge is 0.252 e. The van der Waals surface area contributed by atoms with E-state index in [9.17, 15) is 4.79 Å². The van der Waals surface area contributed by atoms with Crippen molar-refractivity contribution in [2.75, 3.05) is 26.7 Å². The molecule has 0 saturated carbocycles. The zero-order valence-corrected chi connectivity index (χ0v) is 13.7. The number of thiazole rings is 1. The van der Waals surface area contributed by atoms with Crippen LogP contribution in [0.1, 0.15) is 36.4 Å². The lowest BCUT2D eigenvalue weighted by molar-refractivity contribution is -0.146. The third-order valence-corrected chi connectivity index (χ3v) is 5.01. The van der Waals surface area contributed by atoms with Crippen molar-refractivity contribution in [2.45, 2.75) is 44.6 Å². The van der Waals surface area contributed by atoms with Gasteiger partial charge >= 0.3 is 0 Å². The van der Waals surface area contributed by atoms with Crippen molar-refractivity contribution in [1.29, 1.82) is 0 Å². The topological polar surface area (TPSA) is 63.2 Å². The Morgan fingerprint density at radius 3 is 2.86 bits per heavy atom. The van der Waals surface area contributed by atoms with E-state index in [-0.39, 0.29) is 5.91 Å². The molecule has 0 aromatic carbocycles. The monoisotopic (exact) mass is 311 g/mol. The van der Waals surface area contributed by atoms with Gasteiger partial charge in [-0.05, 0) is 52.1 Å². The number of nitrogens with one attached hydrogen (secondary N) is 2. The van der Waals surface area contributed by atoms with Gasteiger partial charge in [0.1, 0.15) is 5.60 Å². The predicted molar refractivity (Wildman–Crippen MR) is 84.6 cm³/mol. The minimum atomic E-state index is -0.627. The summed E-state index contributed by atoms with van der Waals surface area (Å²) >= 11 is 1.71. The quantitative estimate of drug-likeness (QED) is 0.752. The molecule has 2 N–H and O–H groups in total. The number of rotatable bonds is 7. The van der Waals surface area contributed by atoms with Gasteiger partial charge < -0.3 is 15.4 Å². The molecule has 0 radical (unpaired) electrons. The first-order chi connectivity index (χ1) is 10.2. The van der Waals surface area contributed by atoms with Gasteiger partial charge in [0.25, 0.3) is 5.91 Å². The van der Waals surface area contributed by atoms with Crippen molar-refractivity contribution in [3.63, 3.8) is 0 Å². The van der Waals surface area contributed by atoms with Gasteiger partial charge in [0.15, 0.2) is 0 Å². The van der Waals surface area contributed by atoms with Crippen molar-refractivity contribution in [1.82, 2.24) is 15.6 Å². The molecule has 1 fully saturated rings. The molecule has 2 heterocycles. The molecule has 0 atom stereocenters. The Hall–Kier alpha value is -0.980. The van der Waals surface area contributed by atoms with Crippen molar-refractivity contribution >= 4 is 17.2 Å². The van der Waals surface area contributed by atoms with Gasteiger partial charge in [-0.2, -0.15) is 0 Å². The number of amides is 1. The average Bonchev–Trinajstić information content (AvgIpc) is 2.93. The highest BCUT2D eigenvalue weighted by molar-refractivity contribution is 7.09. The number of unbranched alkanes of at least 4 members (excludes halogenated alkanes) is 1. The number of ether oxygens (including phenoxy) is 1. The number of nitrogens with zero attached hydrogens (tertiary/aromatic N) is 1. The molecule has 0 unspecified atom stereocenters. The van der Waals surface area contributed by atoms with E-state index in [2.05, 4.69) is 21.0 Å². The lowest BCUT2D eigenvalue weighted by atomic mass is 9.91. The molecule has 0 bridgehead atoms. The summed E-state index contributed by atoms with van der Waals surface area (Å²) in [4.78, 5) is 16.8. The van der Waals surface area contributed by atoms with Gasteiger partial charge in [0.05, 0.1) is 5.01 Å². The number of piperidine rings is 1. The lowest BCUT2D eigenvalue weighted by Crippen LogP contribution is -2.54. The maximum absolute atomic E-state index is 12.3. The van der Waals surface area contributed by atoms with E-state index < -0.39 is 5.60 Å². The molecule has 1 aromatic heterocycles. The van der Waals surface area contributed by atoms with Gasteiger partial charge in [0.2, 0.25) is 0 Å². The maximum atomic E-state index is 12.3. The molecule has 2 rings (SSSR count). The summed E-state index contributed by atoms with van der Waals surface area (Å²) in [6.45, 7) is 4.40. The van der Waals surface area contributed by atoms with Crippen LogP contribution in [-0.4, -0.2) is 43.2 Å². The third kappa shape index (κ3) is 4.49. The summed E-state index contributed by atoms with van der Waals surface area (Å²) in [6, 6.07) is 0. The Balaban J connectivity index is 1.66. The van der Waals surface area contributed by atoms with Crippen molar-refractivity contribution in [3.05, 3.63) is 16.1 Å². The second kappa shape index (κ2) is 7.87. The number of carbonyl (C=O) groups is 1. The molecule has 1 saturated heterocycles. The van der Waals surface area contributed by atoms with Gasteiger partial charge in [0, 0.05) is 24.7 Å². The van der Waals surface area contributed by atoms with E-state index in [0.29, 0.717) is 6.54 Å². The van der Waals surface area contributed by atoms with Crippen LogP contribution in [0.4, 0.5) is 0 Å². The van der Waals surface area contributed by atoms with E-state index in [1.807, 2.05) is 6.92 Å². The Morgan fingerprint density at radius 2 is 2.24 bits per heavy atom. The van der Waals surface area contributed by atoms with Gasteiger partial charge in [-0.15, -0.1) is 11.3 Å². The zero-order valence-electron chi connectivity index (χ0n) is 12.9. The van der Waals surface area contributed by atoms with Crippen LogP contribution >= 0.6 is 11.3 Å². The molecule has 1 aliphatic heterocycles. The summed E-state index contributed by atoms with van der Waals surface area (Å²) in [6.07, 6.45) is 4.51. The molecular weight excluding hydrogens is 286 g/mol. The summed E-state index contributed by atoms with van der Waals surface area (Å²) in [5.41, 5.74) is 0.466. The first-order valence-electron chi connectivity index (χ1n) is 7.61. The Bertz CT molecular complexity index is 456.